The van der Waals surface area contributed by atoms with Gasteiger partial charge in [-0.05, 0) is 19.9 Å². The molecule has 0 amide bonds. The van der Waals surface area contributed by atoms with Gasteiger partial charge in [-0.25, -0.2) is 9.98 Å². The maximum atomic E-state index is 4.08. The van der Waals surface area contributed by atoms with Gasteiger partial charge in [0.15, 0.2) is 0 Å². The van der Waals surface area contributed by atoms with E-state index < -0.39 is 0 Å². The number of hydrogen-bond acceptors (Lipinski definition) is 1. The van der Waals surface area contributed by atoms with E-state index >= 15 is 0 Å². The molecule has 0 aromatic rings. The van der Waals surface area contributed by atoms with Gasteiger partial charge in [0.1, 0.15) is 5.84 Å². The largest absolute Gasteiger partial charge is 0.242 e. The Kier molecular flexibility index (Phi) is 6.96. The van der Waals surface area contributed by atoms with E-state index in [9.17, 15) is 0 Å². The molecule has 0 unspecified atom stereocenters. The number of aliphatic imine (C=N–C) groups is 2. The highest BCUT2D eigenvalue weighted by molar-refractivity contribution is 5.90. The van der Waals surface area contributed by atoms with Gasteiger partial charge in [-0.3, -0.25) is 0 Å². The van der Waals surface area contributed by atoms with Crippen molar-refractivity contribution >= 4 is 12.1 Å². The molecule has 0 aliphatic carbocycles. The lowest BCUT2D eigenvalue weighted by atomic mass is 10.3. The second kappa shape index (κ2) is 7.92. The molecule has 74 valence electrons. The predicted molar refractivity (Wildman–Crippen MR) is 64.9 cm³/mol. The first kappa shape index (κ1) is 12.3. The van der Waals surface area contributed by atoms with Crippen molar-refractivity contribution in [2.75, 3.05) is 0 Å². The Morgan fingerprint density at radius 3 is 2.50 bits per heavy atom. The zero-order valence-corrected chi connectivity index (χ0v) is 8.77. The summed E-state index contributed by atoms with van der Waals surface area (Å²) in [7, 11) is 0. The number of amidine groups is 1. The van der Waals surface area contributed by atoms with Gasteiger partial charge < -0.3 is 0 Å². The van der Waals surface area contributed by atoms with E-state index in [2.05, 4.69) is 23.1 Å². The maximum absolute atomic E-state index is 4.08. The molecule has 0 atom stereocenters. The van der Waals surface area contributed by atoms with E-state index in [0.29, 0.717) is 5.84 Å². The van der Waals surface area contributed by atoms with Crippen LogP contribution in [0.1, 0.15) is 13.8 Å². The van der Waals surface area contributed by atoms with Crippen LogP contribution in [0.4, 0.5) is 0 Å². The van der Waals surface area contributed by atoms with Crippen molar-refractivity contribution in [2.24, 2.45) is 9.98 Å². The van der Waals surface area contributed by atoms with Crippen molar-refractivity contribution in [3.05, 3.63) is 49.2 Å². The first-order valence-electron chi connectivity index (χ1n) is 4.36. The highest BCUT2D eigenvalue weighted by Gasteiger charge is 1.78. The third-order valence-electron chi connectivity index (χ3n) is 1.40. The molecule has 14 heavy (non-hydrogen) atoms. The van der Waals surface area contributed by atoms with Crippen LogP contribution >= 0.6 is 0 Å². The minimum Gasteiger partial charge on any atom is -0.242 e. The number of nitrogens with zero attached hydrogens (tertiary/aromatic N) is 2. The van der Waals surface area contributed by atoms with Crippen LogP contribution in [0.5, 0.6) is 0 Å². The Labute approximate surface area is 85.8 Å². The number of allylic oxidation sites excluding steroid dienone is 5. The fraction of sp³-hybridized carbons (Fsp3) is 0.167. The normalized spacial score (nSPS) is 13.9. The van der Waals surface area contributed by atoms with Gasteiger partial charge in [0, 0.05) is 12.4 Å². The average molecular weight is 188 g/mol. The topological polar surface area (TPSA) is 24.7 Å². The second-order valence-electron chi connectivity index (χ2n) is 2.65. The van der Waals surface area contributed by atoms with Crippen LogP contribution in [0, 0.1) is 0 Å². The molecular weight excluding hydrogens is 172 g/mol. The molecule has 0 aromatic carbocycles. The van der Waals surface area contributed by atoms with Crippen molar-refractivity contribution in [1.82, 2.24) is 0 Å². The van der Waals surface area contributed by atoms with E-state index in [1.807, 2.05) is 26.0 Å². The van der Waals surface area contributed by atoms with Crippen molar-refractivity contribution < 1.29 is 0 Å². The monoisotopic (exact) mass is 188 g/mol. The fourth-order valence-corrected chi connectivity index (χ4v) is 0.608. The van der Waals surface area contributed by atoms with Crippen molar-refractivity contribution in [2.45, 2.75) is 13.8 Å². The molecule has 0 saturated carbocycles. The zero-order valence-electron chi connectivity index (χ0n) is 8.77. The summed E-state index contributed by atoms with van der Waals surface area (Å²) in [4.78, 5) is 8.07. The zero-order chi connectivity index (χ0) is 10.8. The summed E-state index contributed by atoms with van der Waals surface area (Å²) in [6.45, 7) is 11.0. The lowest BCUT2D eigenvalue weighted by molar-refractivity contribution is 1.45. The van der Waals surface area contributed by atoms with Gasteiger partial charge in [0.25, 0.3) is 0 Å². The quantitative estimate of drug-likeness (QED) is 0.367. The van der Waals surface area contributed by atoms with Gasteiger partial charge in [0.2, 0.25) is 0 Å². The molecule has 0 bridgehead atoms. The molecule has 0 N–H and O–H groups in total. The lowest BCUT2D eigenvalue weighted by Gasteiger charge is -1.86. The highest BCUT2D eigenvalue weighted by atomic mass is 14.9. The van der Waals surface area contributed by atoms with Crippen LogP contribution in [0.3, 0.4) is 0 Å². The number of rotatable bonds is 4. The van der Waals surface area contributed by atoms with E-state index in [-0.39, 0.29) is 0 Å². The molecule has 0 fully saturated rings. The standard InChI is InChI=1S/C12H16N2/c1-5-9-13-12(4)14-10-7-8-11(3)6-2/h5-10H,1-2H2,3-4H3/b10-7-,11-8+,13-9-,14-12+. The highest BCUT2D eigenvalue weighted by Crippen LogP contribution is 1.93. The smallest absolute Gasteiger partial charge is 0.125 e. The molecule has 0 spiro atoms. The Bertz CT molecular complexity index is 304. The molecule has 2 heteroatoms. The fourth-order valence-electron chi connectivity index (χ4n) is 0.608. The maximum Gasteiger partial charge on any atom is 0.125 e. The average Bonchev–Trinajstić information content (AvgIpc) is 2.21. The molecule has 0 aliphatic rings. The van der Waals surface area contributed by atoms with E-state index in [0.717, 1.165) is 5.57 Å². The second-order valence-corrected chi connectivity index (χ2v) is 2.65. The molecule has 0 rings (SSSR count). The molecule has 0 aromatic heterocycles. The molecule has 0 saturated heterocycles. The lowest BCUT2D eigenvalue weighted by Crippen LogP contribution is -1.82. The van der Waals surface area contributed by atoms with Crippen molar-refractivity contribution in [3.8, 4) is 0 Å². The van der Waals surface area contributed by atoms with Crippen LogP contribution in [-0.2, 0) is 0 Å². The predicted octanol–water partition coefficient (Wildman–Crippen LogP) is 3.31. The summed E-state index contributed by atoms with van der Waals surface area (Å²) in [5.41, 5.74) is 1.10. The van der Waals surface area contributed by atoms with Crippen LogP contribution in [0.2, 0.25) is 0 Å². The van der Waals surface area contributed by atoms with E-state index in [1.165, 1.54) is 0 Å². The molecule has 0 heterocycles. The third kappa shape index (κ3) is 6.98. The minimum atomic E-state index is 0.700. The van der Waals surface area contributed by atoms with Gasteiger partial charge in [-0.2, -0.15) is 0 Å². The molecule has 2 nitrogen and oxygen atoms in total. The van der Waals surface area contributed by atoms with Gasteiger partial charge in [0.05, 0.1) is 0 Å². The van der Waals surface area contributed by atoms with Gasteiger partial charge in [-0.15, -0.1) is 0 Å². The third-order valence-corrected chi connectivity index (χ3v) is 1.40. The molecular formula is C12H16N2. The van der Waals surface area contributed by atoms with Crippen LogP contribution in [0.15, 0.2) is 59.2 Å². The molecule has 0 aliphatic heterocycles. The van der Waals surface area contributed by atoms with Crippen LogP contribution in [0.25, 0.3) is 0 Å². The Morgan fingerprint density at radius 1 is 1.21 bits per heavy atom. The van der Waals surface area contributed by atoms with E-state index in [1.54, 1.807) is 24.6 Å². The van der Waals surface area contributed by atoms with Crippen LogP contribution < -0.4 is 0 Å². The Hall–Kier alpha value is -1.70. The SMILES string of the molecule is C=C\C=N/C(C)=N/C=C\C=C(/C)C=C. The summed E-state index contributed by atoms with van der Waals surface area (Å²) in [6.07, 6.45) is 10.5. The van der Waals surface area contributed by atoms with Gasteiger partial charge in [-0.1, -0.05) is 37.0 Å². The summed E-state index contributed by atoms with van der Waals surface area (Å²) >= 11 is 0. The first-order valence-corrected chi connectivity index (χ1v) is 4.36. The van der Waals surface area contributed by atoms with Gasteiger partial charge >= 0.3 is 0 Å². The number of hydrogen-bond donors (Lipinski definition) is 0. The molecule has 0 radical (unpaired) electrons. The summed E-state index contributed by atoms with van der Waals surface area (Å²) in [5, 5.41) is 0. The van der Waals surface area contributed by atoms with E-state index in [4.69, 9.17) is 0 Å². The van der Waals surface area contributed by atoms with Crippen molar-refractivity contribution in [1.29, 1.82) is 0 Å². The van der Waals surface area contributed by atoms with Crippen LogP contribution in [-0.4, -0.2) is 12.1 Å². The van der Waals surface area contributed by atoms with Crippen molar-refractivity contribution in [3.63, 3.8) is 0 Å². The first-order chi connectivity index (χ1) is 6.70. The minimum absolute atomic E-state index is 0.700. The summed E-state index contributed by atoms with van der Waals surface area (Å²) in [5.74, 6) is 0.700. The Balaban J connectivity index is 4.20. The summed E-state index contributed by atoms with van der Waals surface area (Å²) < 4.78 is 0. The summed E-state index contributed by atoms with van der Waals surface area (Å²) in [6, 6.07) is 0. The Morgan fingerprint density at radius 2 is 1.93 bits per heavy atom.